The monoisotopic (exact) mass is 253 g/mol. The summed E-state index contributed by atoms with van der Waals surface area (Å²) >= 11 is 0. The number of aliphatic hydroxyl groups is 1. The van der Waals surface area contributed by atoms with Crippen LogP contribution in [0, 0.1) is 5.92 Å². The van der Waals surface area contributed by atoms with Crippen molar-refractivity contribution in [1.82, 2.24) is 9.97 Å². The van der Waals surface area contributed by atoms with E-state index in [1.165, 1.54) is 12.4 Å². The molecule has 1 heterocycles. The molecule has 1 aromatic rings. The maximum atomic E-state index is 11.5. The number of aliphatic hydroxyl groups excluding tert-OH is 1. The number of aromatic nitrogens is 2. The Balaban J connectivity index is 2.59. The molecule has 0 radical (unpaired) electrons. The fourth-order valence-electron chi connectivity index (χ4n) is 1.06. The van der Waals surface area contributed by atoms with Gasteiger partial charge in [0.2, 0.25) is 11.8 Å². The van der Waals surface area contributed by atoms with E-state index in [9.17, 15) is 9.90 Å². The van der Waals surface area contributed by atoms with E-state index in [1.54, 1.807) is 13.8 Å². The van der Waals surface area contributed by atoms with Crippen LogP contribution >= 0.6 is 0 Å². The minimum atomic E-state index is -0.520. The maximum Gasteiger partial charge on any atom is 0.228 e. The van der Waals surface area contributed by atoms with Crippen LogP contribution in [0.3, 0.4) is 0 Å². The number of nitrogens with zero attached hydrogens (tertiary/aromatic N) is 2. The number of ether oxygens (including phenoxy) is 1. The molecule has 0 aromatic carbocycles. The Bertz CT molecular complexity index is 396. The van der Waals surface area contributed by atoms with Crippen molar-refractivity contribution in [3.8, 4) is 5.88 Å². The van der Waals surface area contributed by atoms with E-state index in [-0.39, 0.29) is 18.4 Å². The van der Waals surface area contributed by atoms with Gasteiger partial charge in [0.1, 0.15) is 18.8 Å². The minimum absolute atomic E-state index is 0.117. The Morgan fingerprint density at radius 1 is 1.50 bits per heavy atom. The summed E-state index contributed by atoms with van der Waals surface area (Å²) in [6.45, 7) is 5.63. The highest BCUT2D eigenvalue weighted by Crippen LogP contribution is 2.12. The van der Waals surface area contributed by atoms with Crippen molar-refractivity contribution in [1.29, 1.82) is 0 Å². The lowest BCUT2D eigenvalue weighted by atomic mass is 10.2. The van der Waals surface area contributed by atoms with E-state index in [0.717, 1.165) is 0 Å². The van der Waals surface area contributed by atoms with E-state index in [0.29, 0.717) is 18.1 Å². The van der Waals surface area contributed by atoms with Gasteiger partial charge in [0.25, 0.3) is 0 Å². The first-order valence-electron chi connectivity index (χ1n) is 5.96. The standard InChI is InChI=1S/C12H19N3O3/c1-4-9(16)6-18-11-5-10(13-7-14-11)15-12(17)8(2)3/h5,7-9,16H,4,6H2,1-3H3,(H,13,14,15,17)/t9-/m0/s1. The van der Waals surface area contributed by atoms with E-state index < -0.39 is 6.10 Å². The number of rotatable bonds is 6. The third-order valence-corrected chi connectivity index (χ3v) is 2.31. The van der Waals surface area contributed by atoms with Gasteiger partial charge in [-0.1, -0.05) is 20.8 Å². The van der Waals surface area contributed by atoms with Crippen molar-refractivity contribution in [3.05, 3.63) is 12.4 Å². The zero-order valence-electron chi connectivity index (χ0n) is 10.9. The van der Waals surface area contributed by atoms with E-state index in [2.05, 4.69) is 15.3 Å². The van der Waals surface area contributed by atoms with Gasteiger partial charge >= 0.3 is 0 Å². The first-order chi connectivity index (χ1) is 8.52. The molecule has 0 saturated carbocycles. The van der Waals surface area contributed by atoms with Gasteiger partial charge in [0.05, 0.1) is 6.10 Å². The van der Waals surface area contributed by atoms with E-state index >= 15 is 0 Å². The Morgan fingerprint density at radius 3 is 2.83 bits per heavy atom. The Kier molecular flexibility index (Phi) is 5.51. The molecule has 0 fully saturated rings. The second kappa shape index (κ2) is 6.90. The molecule has 6 nitrogen and oxygen atoms in total. The molecule has 0 aliphatic rings. The summed E-state index contributed by atoms with van der Waals surface area (Å²) in [7, 11) is 0. The maximum absolute atomic E-state index is 11.5. The van der Waals surface area contributed by atoms with Crippen LogP contribution in [0.4, 0.5) is 5.82 Å². The van der Waals surface area contributed by atoms with Gasteiger partial charge < -0.3 is 15.2 Å². The summed E-state index contributed by atoms with van der Waals surface area (Å²) in [6.07, 6.45) is 1.40. The Labute approximate surface area is 106 Å². The molecule has 0 aliphatic carbocycles. The molecule has 1 rings (SSSR count). The number of hydrogen-bond acceptors (Lipinski definition) is 5. The SMILES string of the molecule is CC[C@H](O)COc1cc(NC(=O)C(C)C)ncn1. The van der Waals surface area contributed by atoms with E-state index in [4.69, 9.17) is 4.74 Å². The molecule has 0 saturated heterocycles. The second-order valence-electron chi connectivity index (χ2n) is 4.26. The second-order valence-corrected chi connectivity index (χ2v) is 4.26. The number of hydrogen-bond donors (Lipinski definition) is 2. The van der Waals surface area contributed by atoms with Gasteiger partial charge in [-0.25, -0.2) is 9.97 Å². The van der Waals surface area contributed by atoms with Crippen LogP contribution in [-0.2, 0) is 4.79 Å². The highest BCUT2D eigenvalue weighted by atomic mass is 16.5. The molecule has 18 heavy (non-hydrogen) atoms. The third-order valence-electron chi connectivity index (χ3n) is 2.31. The number of carbonyl (C=O) groups excluding carboxylic acids is 1. The summed E-state index contributed by atoms with van der Waals surface area (Å²) in [6, 6.07) is 1.53. The largest absolute Gasteiger partial charge is 0.475 e. The highest BCUT2D eigenvalue weighted by molar-refractivity contribution is 5.91. The number of carbonyl (C=O) groups is 1. The van der Waals surface area contributed by atoms with E-state index in [1.807, 2.05) is 6.92 Å². The molecule has 1 amide bonds. The first kappa shape index (κ1) is 14.4. The van der Waals surface area contributed by atoms with Gasteiger partial charge in [-0.15, -0.1) is 0 Å². The molecule has 1 atom stereocenters. The molecular weight excluding hydrogens is 234 g/mol. The van der Waals surface area contributed by atoms with Crippen LogP contribution in [0.25, 0.3) is 0 Å². The topological polar surface area (TPSA) is 84.3 Å². The molecule has 0 aliphatic heterocycles. The van der Waals surface area contributed by atoms with Crippen LogP contribution in [0.5, 0.6) is 5.88 Å². The summed E-state index contributed by atoms with van der Waals surface area (Å²) in [4.78, 5) is 19.3. The smallest absolute Gasteiger partial charge is 0.228 e. The normalized spacial score (nSPS) is 12.3. The molecule has 100 valence electrons. The number of amides is 1. The fourth-order valence-corrected chi connectivity index (χ4v) is 1.06. The molecular formula is C12H19N3O3. The average Bonchev–Trinajstić information content (AvgIpc) is 2.36. The highest BCUT2D eigenvalue weighted by Gasteiger charge is 2.09. The fraction of sp³-hybridized carbons (Fsp3) is 0.583. The zero-order chi connectivity index (χ0) is 13.5. The predicted molar refractivity (Wildman–Crippen MR) is 67.3 cm³/mol. The lowest BCUT2D eigenvalue weighted by molar-refractivity contribution is -0.118. The Hall–Kier alpha value is -1.69. The molecule has 0 bridgehead atoms. The molecule has 0 unspecified atom stereocenters. The molecule has 6 heteroatoms. The van der Waals surface area contributed by atoms with Crippen molar-refractivity contribution in [2.24, 2.45) is 5.92 Å². The zero-order valence-corrected chi connectivity index (χ0v) is 10.9. The summed E-state index contributed by atoms with van der Waals surface area (Å²) < 4.78 is 5.29. The number of nitrogens with one attached hydrogen (secondary N) is 1. The van der Waals surface area contributed by atoms with Crippen molar-refractivity contribution in [2.45, 2.75) is 33.3 Å². The van der Waals surface area contributed by atoms with Crippen LogP contribution in [0.1, 0.15) is 27.2 Å². The lowest BCUT2D eigenvalue weighted by Crippen LogP contribution is -2.19. The summed E-state index contributed by atoms with van der Waals surface area (Å²) in [5.74, 6) is 0.487. The van der Waals surface area contributed by atoms with Gasteiger partial charge in [-0.05, 0) is 6.42 Å². The van der Waals surface area contributed by atoms with Crippen molar-refractivity contribution in [3.63, 3.8) is 0 Å². The lowest BCUT2D eigenvalue weighted by Gasteiger charge is -2.10. The first-order valence-corrected chi connectivity index (χ1v) is 5.96. The van der Waals surface area contributed by atoms with Gasteiger partial charge in [0.15, 0.2) is 0 Å². The van der Waals surface area contributed by atoms with Gasteiger partial charge in [0, 0.05) is 12.0 Å². The van der Waals surface area contributed by atoms with Crippen molar-refractivity contribution >= 4 is 11.7 Å². The van der Waals surface area contributed by atoms with Crippen LogP contribution in [-0.4, -0.2) is 33.7 Å². The molecule has 0 spiro atoms. The summed E-state index contributed by atoms with van der Waals surface area (Å²) in [5.41, 5.74) is 0. The Morgan fingerprint density at radius 2 is 2.22 bits per heavy atom. The number of anilines is 1. The van der Waals surface area contributed by atoms with Crippen LogP contribution < -0.4 is 10.1 Å². The predicted octanol–water partition coefficient (Wildman–Crippen LogP) is 1.22. The van der Waals surface area contributed by atoms with Crippen molar-refractivity contribution < 1.29 is 14.6 Å². The molecule has 1 aromatic heterocycles. The quantitative estimate of drug-likeness (QED) is 0.796. The summed E-state index contributed by atoms with van der Waals surface area (Å²) in [5, 5.41) is 12.0. The van der Waals surface area contributed by atoms with Gasteiger partial charge in [-0.3, -0.25) is 4.79 Å². The molecule has 2 N–H and O–H groups in total. The van der Waals surface area contributed by atoms with Crippen LogP contribution in [0.15, 0.2) is 12.4 Å². The van der Waals surface area contributed by atoms with Gasteiger partial charge in [-0.2, -0.15) is 0 Å². The van der Waals surface area contributed by atoms with Crippen molar-refractivity contribution in [2.75, 3.05) is 11.9 Å². The minimum Gasteiger partial charge on any atom is -0.475 e. The average molecular weight is 253 g/mol. The third kappa shape index (κ3) is 4.67. The van der Waals surface area contributed by atoms with Crippen LogP contribution in [0.2, 0.25) is 0 Å².